The second-order valence-corrected chi connectivity index (χ2v) is 4.39. The van der Waals surface area contributed by atoms with E-state index in [1.807, 2.05) is 0 Å². The topological polar surface area (TPSA) is 29.4 Å². The van der Waals surface area contributed by atoms with Gasteiger partial charge in [-0.3, -0.25) is 0 Å². The number of rotatable bonds is 9. The third-order valence-corrected chi connectivity index (χ3v) is 3.09. The molecule has 0 aliphatic rings. The maximum atomic E-state index is 10.1. The highest BCUT2D eigenvalue weighted by molar-refractivity contribution is 4.63. The summed E-state index contributed by atoms with van der Waals surface area (Å²) in [5, 5.41) is 2.95. The van der Waals surface area contributed by atoms with Crippen LogP contribution in [0.2, 0.25) is 0 Å². The van der Waals surface area contributed by atoms with Gasteiger partial charge in [0.2, 0.25) is 0 Å². The molecule has 2 atom stereocenters. The Morgan fingerprint density at radius 3 is 2.29 bits per heavy atom. The van der Waals surface area contributed by atoms with E-state index >= 15 is 0 Å². The highest BCUT2D eigenvalue weighted by Gasteiger charge is 2.09. The van der Waals surface area contributed by atoms with Crippen LogP contribution in [0.1, 0.15) is 59.3 Å². The SMILES string of the molecule is CCCC(CCN=O)CCC(C)CC. The predicted octanol–water partition coefficient (Wildman–Crippen LogP) is 4.39. The summed E-state index contributed by atoms with van der Waals surface area (Å²) in [7, 11) is 0. The zero-order valence-electron chi connectivity index (χ0n) is 9.96. The number of nitroso groups, excluding NO2 is 1. The van der Waals surface area contributed by atoms with E-state index in [1.54, 1.807) is 0 Å². The van der Waals surface area contributed by atoms with Crippen LogP contribution in [0.3, 0.4) is 0 Å². The second-order valence-electron chi connectivity index (χ2n) is 4.39. The van der Waals surface area contributed by atoms with Crippen LogP contribution >= 0.6 is 0 Å². The summed E-state index contributed by atoms with van der Waals surface area (Å²) in [4.78, 5) is 10.1. The van der Waals surface area contributed by atoms with Crippen LogP contribution in [0.5, 0.6) is 0 Å². The van der Waals surface area contributed by atoms with Crippen molar-refractivity contribution in [2.75, 3.05) is 6.54 Å². The summed E-state index contributed by atoms with van der Waals surface area (Å²) in [5.74, 6) is 1.56. The third-order valence-electron chi connectivity index (χ3n) is 3.09. The normalized spacial score (nSPS) is 15.1. The van der Waals surface area contributed by atoms with Gasteiger partial charge in [0.25, 0.3) is 0 Å². The van der Waals surface area contributed by atoms with Crippen molar-refractivity contribution < 1.29 is 0 Å². The minimum absolute atomic E-state index is 0.505. The van der Waals surface area contributed by atoms with E-state index < -0.39 is 0 Å². The summed E-state index contributed by atoms with van der Waals surface area (Å²) in [6.07, 6.45) is 7.33. The highest BCUT2D eigenvalue weighted by atomic mass is 16.3. The van der Waals surface area contributed by atoms with E-state index in [-0.39, 0.29) is 0 Å². The van der Waals surface area contributed by atoms with Crippen molar-refractivity contribution in [3.63, 3.8) is 0 Å². The molecule has 0 rings (SSSR count). The molecule has 2 nitrogen and oxygen atoms in total. The quantitative estimate of drug-likeness (QED) is 0.506. The summed E-state index contributed by atoms with van der Waals surface area (Å²) in [6, 6.07) is 0. The fraction of sp³-hybridized carbons (Fsp3) is 1.00. The molecule has 0 amide bonds. The zero-order valence-corrected chi connectivity index (χ0v) is 9.96. The third kappa shape index (κ3) is 7.05. The van der Waals surface area contributed by atoms with Gasteiger partial charge in [-0.25, -0.2) is 0 Å². The lowest BCUT2D eigenvalue weighted by Gasteiger charge is -2.16. The average Bonchev–Trinajstić information content (AvgIpc) is 2.21. The molecule has 2 unspecified atom stereocenters. The minimum Gasteiger partial charge on any atom is -0.151 e. The molecule has 0 heterocycles. The van der Waals surface area contributed by atoms with Crippen LogP contribution in [0.25, 0.3) is 0 Å². The Bertz CT molecular complexity index is 136. The number of nitrogens with zero attached hydrogens (tertiary/aromatic N) is 1. The first-order valence-corrected chi connectivity index (χ1v) is 6.03. The fourth-order valence-corrected chi connectivity index (χ4v) is 1.80. The van der Waals surface area contributed by atoms with E-state index in [0.29, 0.717) is 6.54 Å². The van der Waals surface area contributed by atoms with Gasteiger partial charge < -0.3 is 0 Å². The first kappa shape index (κ1) is 13.6. The van der Waals surface area contributed by atoms with Crippen LogP contribution in [0.4, 0.5) is 0 Å². The molecule has 0 aliphatic heterocycles. The molecule has 0 saturated heterocycles. The van der Waals surface area contributed by atoms with Crippen molar-refractivity contribution in [1.82, 2.24) is 0 Å². The smallest absolute Gasteiger partial charge is 0.0813 e. The summed E-state index contributed by atoms with van der Waals surface area (Å²) < 4.78 is 0. The van der Waals surface area contributed by atoms with Crippen molar-refractivity contribution in [2.45, 2.75) is 59.3 Å². The van der Waals surface area contributed by atoms with Crippen LogP contribution in [-0.4, -0.2) is 6.54 Å². The van der Waals surface area contributed by atoms with Crippen LogP contribution in [0, 0.1) is 16.7 Å². The fourth-order valence-electron chi connectivity index (χ4n) is 1.80. The van der Waals surface area contributed by atoms with Gasteiger partial charge in [0.15, 0.2) is 0 Å². The molecule has 0 aliphatic carbocycles. The molecule has 0 spiro atoms. The molecule has 0 saturated carbocycles. The Balaban J connectivity index is 3.65. The lowest BCUT2D eigenvalue weighted by Crippen LogP contribution is -2.05. The van der Waals surface area contributed by atoms with Gasteiger partial charge in [-0.2, -0.15) is 4.91 Å². The molecule has 2 heteroatoms. The van der Waals surface area contributed by atoms with Crippen LogP contribution < -0.4 is 0 Å². The molecular weight excluding hydrogens is 174 g/mol. The maximum Gasteiger partial charge on any atom is 0.0813 e. The minimum atomic E-state index is 0.505. The molecule has 0 radical (unpaired) electrons. The van der Waals surface area contributed by atoms with E-state index in [9.17, 15) is 4.91 Å². The summed E-state index contributed by atoms with van der Waals surface area (Å²) in [5.41, 5.74) is 0. The monoisotopic (exact) mass is 199 g/mol. The molecule has 0 aromatic carbocycles. The van der Waals surface area contributed by atoms with E-state index in [2.05, 4.69) is 25.9 Å². The predicted molar refractivity (Wildman–Crippen MR) is 62.4 cm³/mol. The number of hydrogen-bond acceptors (Lipinski definition) is 2. The van der Waals surface area contributed by atoms with Crippen molar-refractivity contribution in [1.29, 1.82) is 0 Å². The Kier molecular flexibility index (Phi) is 8.90. The van der Waals surface area contributed by atoms with E-state index in [0.717, 1.165) is 18.3 Å². The standard InChI is InChI=1S/C12H25NO/c1-4-6-12(9-10-13-14)8-7-11(3)5-2/h11-12H,4-10H2,1-3H3. The van der Waals surface area contributed by atoms with Crippen molar-refractivity contribution >= 4 is 0 Å². The van der Waals surface area contributed by atoms with Crippen molar-refractivity contribution in [2.24, 2.45) is 17.0 Å². The average molecular weight is 199 g/mol. The van der Waals surface area contributed by atoms with Gasteiger partial charge in [-0.1, -0.05) is 58.1 Å². The maximum absolute atomic E-state index is 10.1. The van der Waals surface area contributed by atoms with Gasteiger partial charge in [0.05, 0.1) is 6.54 Å². The largest absolute Gasteiger partial charge is 0.151 e. The second kappa shape index (κ2) is 9.17. The molecule has 14 heavy (non-hydrogen) atoms. The number of hydrogen-bond donors (Lipinski definition) is 0. The lowest BCUT2D eigenvalue weighted by atomic mass is 9.90. The zero-order chi connectivity index (χ0) is 10.8. The molecule has 0 bridgehead atoms. The van der Waals surface area contributed by atoms with Gasteiger partial charge in [0, 0.05) is 0 Å². The first-order valence-electron chi connectivity index (χ1n) is 6.03. The van der Waals surface area contributed by atoms with Crippen LogP contribution in [0.15, 0.2) is 5.18 Å². The van der Waals surface area contributed by atoms with E-state index in [4.69, 9.17) is 0 Å². The molecular formula is C12H25NO. The first-order chi connectivity index (χ1) is 6.74. The highest BCUT2D eigenvalue weighted by Crippen LogP contribution is 2.21. The summed E-state index contributed by atoms with van der Waals surface area (Å²) >= 11 is 0. The van der Waals surface area contributed by atoms with Crippen LogP contribution in [-0.2, 0) is 0 Å². The molecule has 84 valence electrons. The van der Waals surface area contributed by atoms with Gasteiger partial charge in [0.1, 0.15) is 0 Å². The van der Waals surface area contributed by atoms with E-state index in [1.165, 1.54) is 32.1 Å². The summed E-state index contributed by atoms with van der Waals surface area (Å²) in [6.45, 7) is 7.27. The van der Waals surface area contributed by atoms with Gasteiger partial charge >= 0.3 is 0 Å². The Hall–Kier alpha value is -0.400. The van der Waals surface area contributed by atoms with Gasteiger partial charge in [-0.05, 0) is 18.3 Å². The Labute approximate surface area is 88.4 Å². The lowest BCUT2D eigenvalue weighted by molar-refractivity contribution is 0.366. The van der Waals surface area contributed by atoms with Crippen molar-refractivity contribution in [3.8, 4) is 0 Å². The molecule has 0 N–H and O–H groups in total. The molecule has 0 aromatic heterocycles. The van der Waals surface area contributed by atoms with Gasteiger partial charge in [-0.15, -0.1) is 0 Å². The Morgan fingerprint density at radius 1 is 1.07 bits per heavy atom. The molecule has 0 fully saturated rings. The van der Waals surface area contributed by atoms with Crippen molar-refractivity contribution in [3.05, 3.63) is 4.91 Å². The Morgan fingerprint density at radius 2 is 1.79 bits per heavy atom. The molecule has 0 aromatic rings.